The molecule has 1 aromatic rings. The molecule has 0 radical (unpaired) electrons. The first kappa shape index (κ1) is 13.0. The molecule has 0 aliphatic heterocycles. The number of nitrogen functional groups attached to an aromatic ring is 1. The number of benzene rings is 1. The third kappa shape index (κ3) is 3.29. The van der Waals surface area contributed by atoms with Gasteiger partial charge in [-0.3, -0.25) is 0 Å². The van der Waals surface area contributed by atoms with Crippen LogP contribution < -0.4 is 15.8 Å². The summed E-state index contributed by atoms with van der Waals surface area (Å²) >= 11 is 0. The molecule has 2 unspecified atom stereocenters. The van der Waals surface area contributed by atoms with Crippen molar-refractivity contribution in [1.82, 2.24) is 0 Å². The molecule has 0 bridgehead atoms. The van der Waals surface area contributed by atoms with Gasteiger partial charge in [-0.05, 0) is 32.3 Å². The van der Waals surface area contributed by atoms with Crippen molar-refractivity contribution in [3.8, 4) is 5.75 Å². The van der Waals surface area contributed by atoms with E-state index in [0.29, 0.717) is 18.8 Å². The number of nitrogens with one attached hydrogen (secondary N) is 1. The number of hydrogen-bond donors (Lipinski definition) is 2. The Hall–Kier alpha value is -1.42. The van der Waals surface area contributed by atoms with Gasteiger partial charge in [0.25, 0.3) is 0 Å². The van der Waals surface area contributed by atoms with Gasteiger partial charge in [-0.25, -0.2) is 0 Å². The van der Waals surface area contributed by atoms with Crippen LogP contribution in [0.5, 0.6) is 5.75 Å². The summed E-state index contributed by atoms with van der Waals surface area (Å²) in [6.45, 7) is 2.62. The van der Waals surface area contributed by atoms with Gasteiger partial charge in [0.1, 0.15) is 5.75 Å². The van der Waals surface area contributed by atoms with Gasteiger partial charge in [0.15, 0.2) is 0 Å². The summed E-state index contributed by atoms with van der Waals surface area (Å²) in [6.07, 6.45) is 3.69. The summed E-state index contributed by atoms with van der Waals surface area (Å²) in [6, 6.07) is 6.26. The smallest absolute Gasteiger partial charge is 0.123 e. The average Bonchev–Trinajstić information content (AvgIpc) is 2.76. The van der Waals surface area contributed by atoms with Gasteiger partial charge in [-0.15, -0.1) is 0 Å². The first-order valence-electron chi connectivity index (χ1n) is 6.54. The molecule has 4 heteroatoms. The van der Waals surface area contributed by atoms with Gasteiger partial charge < -0.3 is 20.5 Å². The molecule has 100 valence electrons. The minimum Gasteiger partial charge on any atom is -0.494 e. The fourth-order valence-corrected chi connectivity index (χ4v) is 2.48. The van der Waals surface area contributed by atoms with Gasteiger partial charge >= 0.3 is 0 Å². The van der Waals surface area contributed by atoms with Crippen LogP contribution in [0, 0.1) is 0 Å². The number of rotatable bonds is 5. The molecular formula is C14H22N2O2. The lowest BCUT2D eigenvalue weighted by molar-refractivity contribution is 0.108. The molecule has 0 amide bonds. The highest BCUT2D eigenvalue weighted by Gasteiger charge is 2.24. The summed E-state index contributed by atoms with van der Waals surface area (Å²) in [5.74, 6) is 0.821. The van der Waals surface area contributed by atoms with Crippen LogP contribution in [0.3, 0.4) is 0 Å². The van der Waals surface area contributed by atoms with E-state index in [-0.39, 0.29) is 0 Å². The van der Waals surface area contributed by atoms with Crippen LogP contribution >= 0.6 is 0 Å². The van der Waals surface area contributed by atoms with Gasteiger partial charge in [-0.1, -0.05) is 0 Å². The summed E-state index contributed by atoms with van der Waals surface area (Å²) in [5.41, 5.74) is 7.63. The second kappa shape index (κ2) is 5.96. The number of nitrogens with two attached hydrogens (primary N) is 1. The normalized spacial score (nSPS) is 23.0. The number of methoxy groups -OCH3 is 1. The van der Waals surface area contributed by atoms with Crippen LogP contribution in [-0.4, -0.2) is 25.9 Å². The highest BCUT2D eigenvalue weighted by Crippen LogP contribution is 2.28. The minimum atomic E-state index is 0.384. The maximum atomic E-state index is 5.87. The average molecular weight is 250 g/mol. The second-order valence-electron chi connectivity index (χ2n) is 4.74. The molecule has 1 saturated carbocycles. The third-order valence-electron chi connectivity index (χ3n) is 3.33. The SMILES string of the molecule is CCOc1cc(N)cc(NC2CCC(OC)C2)c1. The van der Waals surface area contributed by atoms with Crippen LogP contribution in [0.25, 0.3) is 0 Å². The maximum Gasteiger partial charge on any atom is 0.123 e. The Balaban J connectivity index is 2.00. The molecule has 0 heterocycles. The highest BCUT2D eigenvalue weighted by atomic mass is 16.5. The monoisotopic (exact) mass is 250 g/mol. The molecule has 0 aromatic heterocycles. The van der Waals surface area contributed by atoms with E-state index in [1.807, 2.05) is 25.1 Å². The second-order valence-corrected chi connectivity index (χ2v) is 4.74. The van der Waals surface area contributed by atoms with E-state index in [9.17, 15) is 0 Å². The molecule has 0 spiro atoms. The van der Waals surface area contributed by atoms with Crippen LogP contribution in [-0.2, 0) is 4.74 Å². The molecule has 18 heavy (non-hydrogen) atoms. The number of ether oxygens (including phenoxy) is 2. The molecule has 1 aliphatic carbocycles. The van der Waals surface area contributed by atoms with Crippen molar-refractivity contribution in [2.75, 3.05) is 24.8 Å². The zero-order valence-corrected chi connectivity index (χ0v) is 11.1. The fourth-order valence-electron chi connectivity index (χ4n) is 2.48. The zero-order chi connectivity index (χ0) is 13.0. The van der Waals surface area contributed by atoms with Crippen molar-refractivity contribution >= 4 is 11.4 Å². The van der Waals surface area contributed by atoms with Gasteiger partial charge in [0.2, 0.25) is 0 Å². The lowest BCUT2D eigenvalue weighted by Gasteiger charge is -2.16. The van der Waals surface area contributed by atoms with Crippen LogP contribution in [0.2, 0.25) is 0 Å². The Bertz CT molecular complexity index is 395. The van der Waals surface area contributed by atoms with E-state index in [4.69, 9.17) is 15.2 Å². The van der Waals surface area contributed by atoms with Crippen molar-refractivity contribution in [2.45, 2.75) is 38.3 Å². The molecule has 4 nitrogen and oxygen atoms in total. The van der Waals surface area contributed by atoms with Crippen molar-refractivity contribution in [3.05, 3.63) is 18.2 Å². The minimum absolute atomic E-state index is 0.384. The predicted molar refractivity (Wildman–Crippen MR) is 74.1 cm³/mol. The van der Waals surface area contributed by atoms with Crippen LogP contribution in [0.15, 0.2) is 18.2 Å². The molecule has 1 aromatic carbocycles. The summed E-state index contributed by atoms with van der Waals surface area (Å²) in [7, 11) is 1.78. The molecule has 2 rings (SSSR count). The molecule has 0 saturated heterocycles. The Morgan fingerprint density at radius 3 is 2.83 bits per heavy atom. The number of anilines is 2. The first-order valence-corrected chi connectivity index (χ1v) is 6.54. The maximum absolute atomic E-state index is 5.87. The fraction of sp³-hybridized carbons (Fsp3) is 0.571. The van der Waals surface area contributed by atoms with E-state index in [1.165, 1.54) is 0 Å². The summed E-state index contributed by atoms with van der Waals surface area (Å²) in [5, 5.41) is 3.50. The quantitative estimate of drug-likeness (QED) is 0.789. The first-order chi connectivity index (χ1) is 8.71. The molecule has 2 atom stereocenters. The molecule has 1 fully saturated rings. The van der Waals surface area contributed by atoms with E-state index < -0.39 is 0 Å². The lowest BCUT2D eigenvalue weighted by atomic mass is 10.2. The number of hydrogen-bond acceptors (Lipinski definition) is 4. The third-order valence-corrected chi connectivity index (χ3v) is 3.33. The molecule has 1 aliphatic rings. The molecular weight excluding hydrogens is 228 g/mol. The Morgan fingerprint density at radius 2 is 2.17 bits per heavy atom. The van der Waals surface area contributed by atoms with E-state index in [1.54, 1.807) is 7.11 Å². The van der Waals surface area contributed by atoms with Gasteiger partial charge in [0.05, 0.1) is 12.7 Å². The standard InChI is InChI=1S/C14H22N2O2/c1-3-18-14-7-10(15)6-12(9-14)16-11-4-5-13(8-11)17-2/h6-7,9,11,13,16H,3-5,8,15H2,1-2H3. The van der Waals surface area contributed by atoms with Gasteiger partial charge in [0, 0.05) is 36.7 Å². The van der Waals surface area contributed by atoms with Gasteiger partial charge in [-0.2, -0.15) is 0 Å². The molecule has 3 N–H and O–H groups in total. The van der Waals surface area contributed by atoms with E-state index in [2.05, 4.69) is 5.32 Å². The topological polar surface area (TPSA) is 56.5 Å². The van der Waals surface area contributed by atoms with Crippen molar-refractivity contribution in [1.29, 1.82) is 0 Å². The van der Waals surface area contributed by atoms with Crippen molar-refractivity contribution in [2.24, 2.45) is 0 Å². The Morgan fingerprint density at radius 1 is 1.33 bits per heavy atom. The zero-order valence-electron chi connectivity index (χ0n) is 11.1. The van der Waals surface area contributed by atoms with E-state index in [0.717, 1.165) is 36.4 Å². The van der Waals surface area contributed by atoms with Crippen LogP contribution in [0.4, 0.5) is 11.4 Å². The van der Waals surface area contributed by atoms with Crippen molar-refractivity contribution < 1.29 is 9.47 Å². The van der Waals surface area contributed by atoms with Crippen LogP contribution in [0.1, 0.15) is 26.2 Å². The predicted octanol–water partition coefficient (Wildman–Crippen LogP) is 2.65. The summed E-state index contributed by atoms with van der Waals surface area (Å²) < 4.78 is 10.9. The van der Waals surface area contributed by atoms with E-state index >= 15 is 0 Å². The Labute approximate surface area is 108 Å². The van der Waals surface area contributed by atoms with Crippen molar-refractivity contribution in [3.63, 3.8) is 0 Å². The Kier molecular flexibility index (Phi) is 4.31. The summed E-state index contributed by atoms with van der Waals surface area (Å²) in [4.78, 5) is 0. The lowest BCUT2D eigenvalue weighted by Crippen LogP contribution is -2.17. The highest BCUT2D eigenvalue weighted by molar-refractivity contribution is 5.59. The largest absolute Gasteiger partial charge is 0.494 e.